The Balaban J connectivity index is 2.37. The van der Waals surface area contributed by atoms with Gasteiger partial charge >= 0.3 is 7.12 Å². The van der Waals surface area contributed by atoms with Crippen LogP contribution in [0.1, 0.15) is 33.3 Å². The van der Waals surface area contributed by atoms with Crippen molar-refractivity contribution in [1.29, 1.82) is 0 Å². The van der Waals surface area contributed by atoms with Crippen molar-refractivity contribution >= 4 is 18.7 Å². The minimum Gasteiger partial charge on any atom is -0.399 e. The summed E-state index contributed by atoms with van der Waals surface area (Å²) in [6.45, 7) is 11.5. The molecule has 96 valence electrons. The summed E-state index contributed by atoms with van der Waals surface area (Å²) in [4.78, 5) is 0. The maximum Gasteiger partial charge on any atom is 0.497 e. The van der Waals surface area contributed by atoms with Crippen LogP contribution in [-0.2, 0) is 9.31 Å². The Morgan fingerprint density at radius 3 is 2.22 bits per heavy atom. The van der Waals surface area contributed by atoms with Gasteiger partial charge in [0.2, 0.25) is 0 Å². The Kier molecular flexibility index (Phi) is 3.12. The van der Waals surface area contributed by atoms with Crippen molar-refractivity contribution in [2.75, 3.05) is 0 Å². The minimum atomic E-state index is -0.671. The summed E-state index contributed by atoms with van der Waals surface area (Å²) in [7, 11) is -0.671. The van der Waals surface area contributed by atoms with Crippen LogP contribution in [-0.4, -0.2) is 18.3 Å². The van der Waals surface area contributed by atoms with Gasteiger partial charge in [-0.05, 0) is 39.3 Å². The van der Waals surface area contributed by atoms with Gasteiger partial charge in [0.05, 0.1) is 11.2 Å². The highest BCUT2D eigenvalue weighted by molar-refractivity contribution is 6.62. The highest BCUT2D eigenvalue weighted by atomic mass is 19.1. The first-order chi connectivity index (χ1) is 8.27. The zero-order valence-electron chi connectivity index (χ0n) is 11.3. The van der Waals surface area contributed by atoms with Crippen molar-refractivity contribution in [3.8, 4) is 0 Å². The van der Waals surface area contributed by atoms with Crippen molar-refractivity contribution in [1.82, 2.24) is 0 Å². The van der Waals surface area contributed by atoms with Crippen LogP contribution in [0.15, 0.2) is 24.8 Å². The molecule has 0 saturated carbocycles. The highest BCUT2D eigenvalue weighted by Gasteiger charge is 2.52. The molecule has 1 aliphatic rings. The monoisotopic (exact) mass is 248 g/mol. The first kappa shape index (κ1) is 13.3. The second kappa shape index (κ2) is 4.21. The predicted octanol–water partition coefficient (Wildman–Crippen LogP) is 2.77. The van der Waals surface area contributed by atoms with E-state index in [2.05, 4.69) is 6.58 Å². The lowest BCUT2D eigenvalue weighted by Crippen LogP contribution is -2.41. The van der Waals surface area contributed by atoms with Gasteiger partial charge < -0.3 is 9.31 Å². The maximum atomic E-state index is 13.9. The van der Waals surface area contributed by atoms with Crippen LogP contribution in [0, 0.1) is 5.82 Å². The molecular weight excluding hydrogens is 230 g/mol. The Labute approximate surface area is 108 Å². The molecule has 1 saturated heterocycles. The van der Waals surface area contributed by atoms with Gasteiger partial charge in [0, 0.05) is 5.46 Å². The zero-order valence-corrected chi connectivity index (χ0v) is 11.3. The summed E-state index contributed by atoms with van der Waals surface area (Å²) in [5, 5.41) is 0. The molecule has 1 aliphatic heterocycles. The molecule has 1 fully saturated rings. The molecular formula is C14H18BFO2. The normalized spacial score (nSPS) is 21.1. The number of hydrogen-bond donors (Lipinski definition) is 0. The summed E-state index contributed by atoms with van der Waals surface area (Å²) in [5.74, 6) is -0.320. The van der Waals surface area contributed by atoms with Crippen LogP contribution in [0.3, 0.4) is 0 Å². The zero-order chi connectivity index (χ0) is 13.6. The van der Waals surface area contributed by atoms with Crippen LogP contribution in [0.5, 0.6) is 0 Å². The molecule has 2 nitrogen and oxygen atoms in total. The van der Waals surface area contributed by atoms with E-state index in [1.54, 1.807) is 18.2 Å². The molecule has 0 bridgehead atoms. The van der Waals surface area contributed by atoms with E-state index in [9.17, 15) is 4.39 Å². The van der Waals surface area contributed by atoms with E-state index < -0.39 is 18.3 Å². The summed E-state index contributed by atoms with van der Waals surface area (Å²) >= 11 is 0. The lowest BCUT2D eigenvalue weighted by Gasteiger charge is -2.32. The molecule has 0 N–H and O–H groups in total. The van der Waals surface area contributed by atoms with E-state index in [1.165, 1.54) is 6.07 Å². The molecule has 18 heavy (non-hydrogen) atoms. The highest BCUT2D eigenvalue weighted by Crippen LogP contribution is 2.36. The average Bonchev–Trinajstić information content (AvgIpc) is 2.48. The summed E-state index contributed by atoms with van der Waals surface area (Å²) in [6, 6.07) is 4.80. The van der Waals surface area contributed by atoms with Crippen molar-refractivity contribution in [2.24, 2.45) is 0 Å². The fourth-order valence-electron chi connectivity index (χ4n) is 1.84. The molecule has 0 radical (unpaired) electrons. The number of halogens is 1. The molecule has 1 aromatic rings. The van der Waals surface area contributed by atoms with E-state index in [-0.39, 0.29) is 5.82 Å². The van der Waals surface area contributed by atoms with Crippen molar-refractivity contribution in [3.05, 3.63) is 36.2 Å². The topological polar surface area (TPSA) is 18.5 Å². The molecule has 1 aromatic carbocycles. The average molecular weight is 248 g/mol. The molecule has 0 unspecified atom stereocenters. The molecule has 0 atom stereocenters. The van der Waals surface area contributed by atoms with E-state index in [0.29, 0.717) is 5.46 Å². The van der Waals surface area contributed by atoms with Gasteiger partial charge in [0.25, 0.3) is 0 Å². The molecule has 1 heterocycles. The van der Waals surface area contributed by atoms with Crippen LogP contribution in [0.25, 0.3) is 6.08 Å². The predicted molar refractivity (Wildman–Crippen MR) is 72.2 cm³/mol. The van der Waals surface area contributed by atoms with Crippen LogP contribution < -0.4 is 5.46 Å². The van der Waals surface area contributed by atoms with Crippen molar-refractivity contribution in [3.63, 3.8) is 0 Å². The Morgan fingerprint density at radius 2 is 1.72 bits per heavy atom. The van der Waals surface area contributed by atoms with Gasteiger partial charge in [-0.15, -0.1) is 0 Å². The van der Waals surface area contributed by atoms with Crippen LogP contribution in [0.2, 0.25) is 0 Å². The largest absolute Gasteiger partial charge is 0.497 e. The van der Waals surface area contributed by atoms with Crippen LogP contribution in [0.4, 0.5) is 4.39 Å². The van der Waals surface area contributed by atoms with E-state index in [1.807, 2.05) is 27.7 Å². The quantitative estimate of drug-likeness (QED) is 0.749. The van der Waals surface area contributed by atoms with E-state index in [4.69, 9.17) is 9.31 Å². The number of rotatable bonds is 2. The van der Waals surface area contributed by atoms with Crippen molar-refractivity contribution < 1.29 is 13.7 Å². The molecule has 0 spiro atoms. The smallest absolute Gasteiger partial charge is 0.399 e. The lowest BCUT2D eigenvalue weighted by atomic mass is 9.78. The second-order valence-corrected chi connectivity index (χ2v) is 5.57. The molecule has 2 rings (SSSR count). The maximum absolute atomic E-state index is 13.9. The molecule has 0 aromatic heterocycles. The number of hydrogen-bond acceptors (Lipinski definition) is 2. The fraction of sp³-hybridized carbons (Fsp3) is 0.429. The lowest BCUT2D eigenvalue weighted by molar-refractivity contribution is 0.00578. The van der Waals surface area contributed by atoms with Gasteiger partial charge in [-0.3, -0.25) is 0 Å². The molecule has 0 aliphatic carbocycles. The Bertz CT molecular complexity index is 467. The Hall–Kier alpha value is -1.13. The minimum absolute atomic E-state index is 0.320. The summed E-state index contributed by atoms with van der Waals surface area (Å²) < 4.78 is 25.5. The fourth-order valence-corrected chi connectivity index (χ4v) is 1.84. The second-order valence-electron chi connectivity index (χ2n) is 5.57. The van der Waals surface area contributed by atoms with Gasteiger partial charge in [-0.25, -0.2) is 4.39 Å². The van der Waals surface area contributed by atoms with Gasteiger partial charge in [-0.1, -0.05) is 24.8 Å². The Morgan fingerprint density at radius 1 is 1.17 bits per heavy atom. The summed E-state index contributed by atoms with van der Waals surface area (Å²) in [6.07, 6.45) is 1.67. The first-order valence-electron chi connectivity index (χ1n) is 6.04. The van der Waals surface area contributed by atoms with Crippen molar-refractivity contribution in [2.45, 2.75) is 38.9 Å². The molecule has 4 heteroatoms. The SMILES string of the molecule is C=Cc1ccc(F)c(B2OC(C)(C)C(C)(C)O2)c1. The third-order valence-electron chi connectivity index (χ3n) is 3.76. The molecule has 0 amide bonds. The summed E-state index contributed by atoms with van der Waals surface area (Å²) in [5.41, 5.74) is 0.343. The van der Waals surface area contributed by atoms with E-state index >= 15 is 0 Å². The standard InChI is InChI=1S/C14H18BFO2/c1-6-10-7-8-12(16)11(9-10)15-17-13(2,3)14(4,5)18-15/h6-9H,1H2,2-5H3. The third kappa shape index (κ3) is 2.11. The van der Waals surface area contributed by atoms with Crippen LogP contribution >= 0.6 is 0 Å². The number of benzene rings is 1. The van der Waals surface area contributed by atoms with Gasteiger partial charge in [0.15, 0.2) is 0 Å². The van der Waals surface area contributed by atoms with E-state index in [0.717, 1.165) is 5.56 Å². The van der Waals surface area contributed by atoms with Gasteiger partial charge in [-0.2, -0.15) is 0 Å². The van der Waals surface area contributed by atoms with Gasteiger partial charge in [0.1, 0.15) is 5.82 Å². The first-order valence-corrected chi connectivity index (χ1v) is 6.04. The third-order valence-corrected chi connectivity index (χ3v) is 3.76.